The molecule has 1 N–H and O–H groups in total. The molecule has 1 heterocycles. The number of ether oxygens (including phenoxy) is 1. The topological polar surface area (TPSA) is 76.5 Å². The van der Waals surface area contributed by atoms with Crippen molar-refractivity contribution < 1.29 is 17.7 Å². The van der Waals surface area contributed by atoms with Crippen LogP contribution in [0.15, 0.2) is 23.4 Å². The van der Waals surface area contributed by atoms with Crippen molar-refractivity contribution in [3.63, 3.8) is 0 Å². The molecule has 6 heteroatoms. The van der Waals surface area contributed by atoms with Crippen molar-refractivity contribution in [1.82, 2.24) is 4.98 Å². The molecule has 1 aromatic rings. The van der Waals surface area contributed by atoms with Crippen molar-refractivity contribution in [3.8, 4) is 5.75 Å². The second-order valence-corrected chi connectivity index (χ2v) is 3.38. The highest BCUT2D eigenvalue weighted by atomic mass is 32.2. The van der Waals surface area contributed by atoms with Gasteiger partial charge in [0, 0.05) is 12.3 Å². The van der Waals surface area contributed by atoms with Gasteiger partial charge in [-0.15, -0.1) is 0 Å². The Kier molecular flexibility index (Phi) is 2.30. The van der Waals surface area contributed by atoms with Gasteiger partial charge in [-0.25, -0.2) is 4.98 Å². The van der Waals surface area contributed by atoms with Crippen LogP contribution < -0.4 is 4.74 Å². The van der Waals surface area contributed by atoms with Crippen LogP contribution in [0.5, 0.6) is 5.75 Å². The molecule has 0 atom stereocenters. The average molecular weight is 189 g/mol. The molecule has 0 unspecified atom stereocenters. The van der Waals surface area contributed by atoms with Crippen molar-refractivity contribution >= 4 is 10.1 Å². The molecule has 0 aliphatic rings. The zero-order chi connectivity index (χ0) is 9.19. The summed E-state index contributed by atoms with van der Waals surface area (Å²) in [6, 6.07) is 2.62. The Morgan fingerprint density at radius 3 is 2.75 bits per heavy atom. The third-order valence-corrected chi connectivity index (χ3v) is 1.96. The molecule has 66 valence electrons. The minimum Gasteiger partial charge on any atom is -0.497 e. The summed E-state index contributed by atoms with van der Waals surface area (Å²) in [6.07, 6.45) is 1.24. The first-order valence-electron chi connectivity index (χ1n) is 3.01. The monoisotopic (exact) mass is 189 g/mol. The lowest BCUT2D eigenvalue weighted by atomic mass is 10.5. The van der Waals surface area contributed by atoms with Gasteiger partial charge in [0.05, 0.1) is 7.11 Å². The average Bonchev–Trinajstić information content (AvgIpc) is 2.03. The van der Waals surface area contributed by atoms with E-state index in [1.54, 1.807) is 0 Å². The summed E-state index contributed by atoms with van der Waals surface area (Å²) < 4.78 is 34.4. The fourth-order valence-electron chi connectivity index (χ4n) is 0.659. The van der Waals surface area contributed by atoms with Crippen LogP contribution in [-0.2, 0) is 10.1 Å². The second kappa shape index (κ2) is 3.08. The summed E-state index contributed by atoms with van der Waals surface area (Å²) in [7, 11) is -2.83. The molecule has 0 amide bonds. The predicted octanol–water partition coefficient (Wildman–Crippen LogP) is 0.337. The molecule has 0 radical (unpaired) electrons. The molecule has 1 aromatic heterocycles. The Morgan fingerprint density at radius 2 is 2.25 bits per heavy atom. The number of nitrogens with zero attached hydrogens (tertiary/aromatic N) is 1. The third-order valence-electron chi connectivity index (χ3n) is 1.21. The molecule has 0 saturated heterocycles. The lowest BCUT2D eigenvalue weighted by Gasteiger charge is -1.99. The molecule has 0 aliphatic carbocycles. The molecule has 1 rings (SSSR count). The quantitative estimate of drug-likeness (QED) is 0.679. The van der Waals surface area contributed by atoms with Gasteiger partial charge >= 0.3 is 10.1 Å². The lowest BCUT2D eigenvalue weighted by Crippen LogP contribution is -2.01. The highest BCUT2D eigenvalue weighted by Crippen LogP contribution is 2.13. The SMILES string of the molecule is COc1ccnc(S(=O)(=O)O)c1. The van der Waals surface area contributed by atoms with E-state index in [0.717, 1.165) is 6.07 Å². The molecule has 0 bridgehead atoms. The zero-order valence-electron chi connectivity index (χ0n) is 6.26. The highest BCUT2D eigenvalue weighted by Gasteiger charge is 2.11. The van der Waals surface area contributed by atoms with Crippen molar-refractivity contribution in [2.24, 2.45) is 0 Å². The van der Waals surface area contributed by atoms with Gasteiger partial charge in [0.15, 0.2) is 5.03 Å². The van der Waals surface area contributed by atoms with Gasteiger partial charge in [0.25, 0.3) is 0 Å². The van der Waals surface area contributed by atoms with Gasteiger partial charge in [0.1, 0.15) is 5.75 Å². The summed E-state index contributed by atoms with van der Waals surface area (Å²) >= 11 is 0. The summed E-state index contributed by atoms with van der Waals surface area (Å²) in [5, 5.41) is -0.415. The Morgan fingerprint density at radius 1 is 1.58 bits per heavy atom. The largest absolute Gasteiger partial charge is 0.497 e. The molecule has 12 heavy (non-hydrogen) atoms. The number of rotatable bonds is 2. The maximum atomic E-state index is 10.5. The molecule has 0 spiro atoms. The molecule has 0 saturated carbocycles. The summed E-state index contributed by atoms with van der Waals surface area (Å²) in [6.45, 7) is 0. The van der Waals surface area contributed by atoms with Gasteiger partial charge in [-0.3, -0.25) is 4.55 Å². The first-order valence-corrected chi connectivity index (χ1v) is 4.45. The molecular formula is C6H7NO4S. The van der Waals surface area contributed by atoms with Crippen LogP contribution in [0.2, 0.25) is 0 Å². The third kappa shape index (κ3) is 1.93. The van der Waals surface area contributed by atoms with E-state index in [2.05, 4.69) is 4.98 Å². The van der Waals surface area contributed by atoms with Crippen LogP contribution in [0.3, 0.4) is 0 Å². The predicted molar refractivity (Wildman–Crippen MR) is 40.6 cm³/mol. The number of aromatic nitrogens is 1. The number of hydrogen-bond acceptors (Lipinski definition) is 4. The summed E-state index contributed by atoms with van der Waals surface area (Å²) in [5.74, 6) is 0.331. The zero-order valence-corrected chi connectivity index (χ0v) is 7.08. The normalized spacial score (nSPS) is 11.2. The fourth-order valence-corrected chi connectivity index (χ4v) is 1.12. The van der Waals surface area contributed by atoms with Crippen LogP contribution in [-0.4, -0.2) is 25.1 Å². The van der Waals surface area contributed by atoms with Crippen molar-refractivity contribution in [2.75, 3.05) is 7.11 Å². The molecule has 0 fully saturated rings. The van der Waals surface area contributed by atoms with Gasteiger partial charge < -0.3 is 4.74 Å². The van der Waals surface area contributed by atoms with E-state index in [1.165, 1.54) is 19.4 Å². The maximum Gasteiger partial charge on any atom is 0.312 e. The van der Waals surface area contributed by atoms with E-state index >= 15 is 0 Å². The van der Waals surface area contributed by atoms with E-state index in [4.69, 9.17) is 9.29 Å². The van der Waals surface area contributed by atoms with E-state index in [-0.39, 0.29) is 0 Å². The van der Waals surface area contributed by atoms with Gasteiger partial charge in [-0.1, -0.05) is 0 Å². The molecular weight excluding hydrogens is 182 g/mol. The maximum absolute atomic E-state index is 10.5. The van der Waals surface area contributed by atoms with Crippen LogP contribution in [0.1, 0.15) is 0 Å². The minimum absolute atomic E-state index is 0.331. The van der Waals surface area contributed by atoms with Gasteiger partial charge in [-0.05, 0) is 6.07 Å². The van der Waals surface area contributed by atoms with Crippen molar-refractivity contribution in [3.05, 3.63) is 18.3 Å². The number of methoxy groups -OCH3 is 1. The standard InChI is InChI=1S/C6H7NO4S/c1-11-5-2-3-7-6(4-5)12(8,9)10/h2-4H,1H3,(H,8,9,10). The van der Waals surface area contributed by atoms with Crippen LogP contribution >= 0.6 is 0 Å². The minimum atomic E-state index is -4.23. The highest BCUT2D eigenvalue weighted by molar-refractivity contribution is 7.85. The number of hydrogen-bond donors (Lipinski definition) is 1. The summed E-state index contributed by atoms with van der Waals surface area (Å²) in [5.41, 5.74) is 0. The Hall–Kier alpha value is -1.14. The van der Waals surface area contributed by atoms with E-state index in [1.807, 2.05) is 0 Å². The van der Waals surface area contributed by atoms with Crippen LogP contribution in [0.4, 0.5) is 0 Å². The Bertz CT molecular complexity index is 373. The summed E-state index contributed by atoms with van der Waals surface area (Å²) in [4.78, 5) is 3.44. The van der Waals surface area contributed by atoms with Crippen molar-refractivity contribution in [2.45, 2.75) is 5.03 Å². The lowest BCUT2D eigenvalue weighted by molar-refractivity contribution is 0.411. The Labute approximate surface area is 69.8 Å². The van der Waals surface area contributed by atoms with Gasteiger partial charge in [-0.2, -0.15) is 8.42 Å². The van der Waals surface area contributed by atoms with Crippen LogP contribution in [0, 0.1) is 0 Å². The molecule has 0 aliphatic heterocycles. The van der Waals surface area contributed by atoms with E-state index < -0.39 is 15.1 Å². The fraction of sp³-hybridized carbons (Fsp3) is 0.167. The van der Waals surface area contributed by atoms with Gasteiger partial charge in [0.2, 0.25) is 0 Å². The smallest absolute Gasteiger partial charge is 0.312 e. The Balaban J connectivity index is 3.20. The first-order chi connectivity index (χ1) is 5.54. The molecule has 5 nitrogen and oxygen atoms in total. The van der Waals surface area contributed by atoms with Crippen molar-refractivity contribution in [1.29, 1.82) is 0 Å². The van der Waals surface area contributed by atoms with Crippen LogP contribution in [0.25, 0.3) is 0 Å². The van der Waals surface area contributed by atoms with E-state index in [9.17, 15) is 8.42 Å². The molecule has 0 aromatic carbocycles. The first kappa shape index (κ1) is 8.95. The van der Waals surface area contributed by atoms with E-state index in [0.29, 0.717) is 5.75 Å². The number of pyridine rings is 1. The second-order valence-electron chi connectivity index (χ2n) is 2.01.